The Morgan fingerprint density at radius 1 is 1.43 bits per heavy atom. The molecule has 0 N–H and O–H groups in total. The van der Waals surface area contributed by atoms with Crippen LogP contribution in [0.2, 0.25) is 0 Å². The number of benzene rings is 1. The highest BCUT2D eigenvalue weighted by atomic mass is 32.2. The zero-order valence-corrected chi connectivity index (χ0v) is 13.4. The van der Waals surface area contributed by atoms with Crippen molar-refractivity contribution in [3.63, 3.8) is 0 Å². The van der Waals surface area contributed by atoms with Gasteiger partial charge in [0.05, 0.1) is 19.4 Å². The normalized spacial score (nSPS) is 17.7. The van der Waals surface area contributed by atoms with Crippen LogP contribution >= 0.6 is 11.8 Å². The van der Waals surface area contributed by atoms with Crippen LogP contribution in [0.25, 0.3) is 0 Å². The number of methoxy groups -OCH3 is 1. The van der Waals surface area contributed by atoms with Gasteiger partial charge in [-0.15, -0.1) is 11.8 Å². The van der Waals surface area contributed by atoms with Crippen molar-refractivity contribution in [1.29, 1.82) is 0 Å². The summed E-state index contributed by atoms with van der Waals surface area (Å²) in [6.45, 7) is 0. The Hall–Kier alpha value is -1.69. The Bertz CT molecular complexity index is 533. The molecule has 0 unspecified atom stereocenters. The summed E-state index contributed by atoms with van der Waals surface area (Å²) in [5, 5.41) is 0. The topological polar surface area (TPSA) is 49.9 Å². The lowest BCUT2D eigenvalue weighted by Gasteiger charge is -2.25. The molecule has 0 spiro atoms. The van der Waals surface area contributed by atoms with E-state index >= 15 is 0 Å². The van der Waals surface area contributed by atoms with E-state index < -0.39 is 0 Å². The predicted molar refractivity (Wildman–Crippen MR) is 83.4 cm³/mol. The van der Waals surface area contributed by atoms with Crippen LogP contribution in [0.5, 0.6) is 5.75 Å². The summed E-state index contributed by atoms with van der Waals surface area (Å²) < 4.78 is 5.16. The van der Waals surface area contributed by atoms with E-state index in [4.69, 9.17) is 4.74 Å². The second kappa shape index (κ2) is 6.85. The third kappa shape index (κ3) is 3.69. The summed E-state index contributed by atoms with van der Waals surface area (Å²) in [6, 6.07) is 7.11. The van der Waals surface area contributed by atoms with E-state index in [1.807, 2.05) is 24.3 Å². The van der Waals surface area contributed by atoms with Gasteiger partial charge in [-0.05, 0) is 17.7 Å². The largest absolute Gasteiger partial charge is 0.497 e. The lowest BCUT2D eigenvalue weighted by atomic mass is 10.1. The van der Waals surface area contributed by atoms with Crippen molar-refractivity contribution in [2.24, 2.45) is 0 Å². The van der Waals surface area contributed by atoms with Gasteiger partial charge in [-0.3, -0.25) is 9.59 Å². The van der Waals surface area contributed by atoms with Gasteiger partial charge >= 0.3 is 0 Å². The Labute approximate surface area is 129 Å². The molecule has 114 valence electrons. The molecule has 1 saturated heterocycles. The lowest BCUT2D eigenvalue weighted by molar-refractivity contribution is -0.141. The first kappa shape index (κ1) is 15.7. The van der Waals surface area contributed by atoms with E-state index in [1.54, 1.807) is 42.8 Å². The van der Waals surface area contributed by atoms with Crippen LogP contribution in [-0.2, 0) is 16.0 Å². The van der Waals surface area contributed by atoms with Crippen LogP contribution in [0.3, 0.4) is 0 Å². The standard InChI is InChI=1S/C15H20N2O3S/c1-16(2)15(19)13-9-21-10-17(13)14(18)8-11-5-4-6-12(7-11)20-3/h4-7,13H,8-10H2,1-3H3/t13-/m1/s1. The maximum atomic E-state index is 12.5. The van der Waals surface area contributed by atoms with E-state index in [2.05, 4.69) is 0 Å². The number of carbonyl (C=O) groups excluding carboxylic acids is 2. The van der Waals surface area contributed by atoms with Crippen LogP contribution in [0.15, 0.2) is 24.3 Å². The molecule has 1 aliphatic heterocycles. The van der Waals surface area contributed by atoms with E-state index in [1.165, 1.54) is 0 Å². The SMILES string of the molecule is COc1cccc(CC(=O)N2CSC[C@@H]2C(=O)N(C)C)c1. The number of amides is 2. The molecule has 1 heterocycles. The Morgan fingerprint density at radius 3 is 2.86 bits per heavy atom. The average Bonchev–Trinajstić information content (AvgIpc) is 2.95. The molecular weight excluding hydrogens is 288 g/mol. The molecule has 1 aromatic rings. The fraction of sp³-hybridized carbons (Fsp3) is 0.467. The molecular formula is C15H20N2O3S. The zero-order valence-electron chi connectivity index (χ0n) is 12.5. The van der Waals surface area contributed by atoms with Crippen molar-refractivity contribution in [2.45, 2.75) is 12.5 Å². The molecule has 2 amide bonds. The molecule has 6 heteroatoms. The summed E-state index contributed by atoms with van der Waals surface area (Å²) in [7, 11) is 5.04. The molecule has 1 aromatic carbocycles. The number of ether oxygens (including phenoxy) is 1. The zero-order chi connectivity index (χ0) is 15.4. The maximum Gasteiger partial charge on any atom is 0.245 e. The van der Waals surface area contributed by atoms with Crippen LogP contribution in [0.4, 0.5) is 0 Å². The van der Waals surface area contributed by atoms with Gasteiger partial charge in [-0.1, -0.05) is 12.1 Å². The molecule has 0 aromatic heterocycles. The molecule has 1 atom stereocenters. The number of rotatable bonds is 4. The van der Waals surface area contributed by atoms with Gasteiger partial charge in [0.25, 0.3) is 0 Å². The predicted octanol–water partition coefficient (Wildman–Crippen LogP) is 1.23. The number of hydrogen-bond acceptors (Lipinski definition) is 4. The first-order valence-electron chi connectivity index (χ1n) is 6.74. The van der Waals surface area contributed by atoms with Crippen molar-refractivity contribution in [1.82, 2.24) is 9.80 Å². The molecule has 5 nitrogen and oxygen atoms in total. The van der Waals surface area contributed by atoms with Gasteiger partial charge in [0.2, 0.25) is 11.8 Å². The number of hydrogen-bond donors (Lipinski definition) is 0. The monoisotopic (exact) mass is 308 g/mol. The van der Waals surface area contributed by atoms with Gasteiger partial charge < -0.3 is 14.5 Å². The third-order valence-electron chi connectivity index (χ3n) is 3.42. The van der Waals surface area contributed by atoms with Crippen LogP contribution in [-0.4, -0.2) is 60.5 Å². The Morgan fingerprint density at radius 2 is 2.19 bits per heavy atom. The maximum absolute atomic E-state index is 12.5. The molecule has 0 aliphatic carbocycles. The van der Waals surface area contributed by atoms with Crippen LogP contribution in [0, 0.1) is 0 Å². The lowest BCUT2D eigenvalue weighted by Crippen LogP contribution is -2.47. The van der Waals surface area contributed by atoms with Gasteiger partial charge in [0.15, 0.2) is 0 Å². The highest BCUT2D eigenvalue weighted by Crippen LogP contribution is 2.23. The smallest absolute Gasteiger partial charge is 0.245 e. The second-order valence-electron chi connectivity index (χ2n) is 5.14. The van der Waals surface area contributed by atoms with E-state index in [0.717, 1.165) is 11.3 Å². The molecule has 0 saturated carbocycles. The minimum Gasteiger partial charge on any atom is -0.497 e. The van der Waals surface area contributed by atoms with Crippen molar-refractivity contribution >= 4 is 23.6 Å². The van der Waals surface area contributed by atoms with Gasteiger partial charge in [0, 0.05) is 19.8 Å². The molecule has 0 radical (unpaired) electrons. The quantitative estimate of drug-likeness (QED) is 0.839. The van der Waals surface area contributed by atoms with Crippen molar-refractivity contribution in [2.75, 3.05) is 32.8 Å². The highest BCUT2D eigenvalue weighted by molar-refractivity contribution is 7.99. The third-order valence-corrected chi connectivity index (χ3v) is 4.43. The number of nitrogens with zero attached hydrogens (tertiary/aromatic N) is 2. The first-order chi connectivity index (χ1) is 10.0. The van der Waals surface area contributed by atoms with Crippen LogP contribution in [0.1, 0.15) is 5.56 Å². The molecule has 0 bridgehead atoms. The highest BCUT2D eigenvalue weighted by Gasteiger charge is 2.35. The number of likely N-dealkylation sites (N-methyl/N-ethyl adjacent to an activating group) is 1. The summed E-state index contributed by atoms with van der Waals surface area (Å²) in [6.07, 6.45) is 0.287. The van der Waals surface area contributed by atoms with Crippen LogP contribution < -0.4 is 4.74 Å². The van der Waals surface area contributed by atoms with E-state index in [9.17, 15) is 9.59 Å². The minimum atomic E-state index is -0.344. The minimum absolute atomic E-state index is 0.0148. The van der Waals surface area contributed by atoms with Gasteiger partial charge in [0.1, 0.15) is 11.8 Å². The summed E-state index contributed by atoms with van der Waals surface area (Å²) in [5.41, 5.74) is 0.896. The number of carbonyl (C=O) groups is 2. The molecule has 21 heavy (non-hydrogen) atoms. The fourth-order valence-corrected chi connectivity index (χ4v) is 3.42. The average molecular weight is 308 g/mol. The summed E-state index contributed by atoms with van der Waals surface area (Å²) in [5.74, 6) is 1.94. The Balaban J connectivity index is 2.06. The summed E-state index contributed by atoms with van der Waals surface area (Å²) in [4.78, 5) is 27.8. The molecule has 1 aliphatic rings. The molecule has 2 rings (SSSR count). The molecule has 1 fully saturated rings. The van der Waals surface area contributed by atoms with Gasteiger partial charge in [-0.2, -0.15) is 0 Å². The number of thioether (sulfide) groups is 1. The van der Waals surface area contributed by atoms with Crippen molar-refractivity contribution in [3.05, 3.63) is 29.8 Å². The van der Waals surface area contributed by atoms with Gasteiger partial charge in [-0.25, -0.2) is 0 Å². The van der Waals surface area contributed by atoms with Crippen molar-refractivity contribution < 1.29 is 14.3 Å². The first-order valence-corrected chi connectivity index (χ1v) is 7.89. The van der Waals surface area contributed by atoms with E-state index in [0.29, 0.717) is 11.6 Å². The summed E-state index contributed by atoms with van der Waals surface area (Å²) >= 11 is 1.62. The fourth-order valence-electron chi connectivity index (χ4n) is 2.25. The second-order valence-corrected chi connectivity index (χ2v) is 6.14. The Kier molecular flexibility index (Phi) is 5.12. The van der Waals surface area contributed by atoms with E-state index in [-0.39, 0.29) is 24.3 Å². The van der Waals surface area contributed by atoms with Crippen molar-refractivity contribution in [3.8, 4) is 5.75 Å².